The summed E-state index contributed by atoms with van der Waals surface area (Å²) in [6.45, 7) is 3.71. The minimum absolute atomic E-state index is 0.00458. The van der Waals surface area contributed by atoms with Gasteiger partial charge in [0.2, 0.25) is 0 Å². The molecule has 0 fully saturated rings. The van der Waals surface area contributed by atoms with Crippen LogP contribution in [0.1, 0.15) is 21.5 Å². The first kappa shape index (κ1) is 13.9. The summed E-state index contributed by atoms with van der Waals surface area (Å²) in [6, 6.07) is 6.75. The highest BCUT2D eigenvalue weighted by molar-refractivity contribution is 6.06. The van der Waals surface area contributed by atoms with Crippen molar-refractivity contribution in [2.24, 2.45) is 0 Å². The molecule has 0 aliphatic rings. The topological polar surface area (TPSA) is 75.3 Å². The third-order valence-electron chi connectivity index (χ3n) is 3.07. The number of phenolic OH excluding ortho intramolecular Hbond substituents is 1. The van der Waals surface area contributed by atoms with E-state index in [1.807, 2.05) is 19.9 Å². The third kappa shape index (κ3) is 2.71. The lowest BCUT2D eigenvalue weighted by atomic mass is 10.1. The number of aromatic hydroxyl groups is 1. The normalized spacial score (nSPS) is 10.3. The molecule has 4 nitrogen and oxygen atoms in total. The second-order valence-corrected chi connectivity index (χ2v) is 4.64. The summed E-state index contributed by atoms with van der Waals surface area (Å²) in [4.78, 5) is 12.1. The molecule has 0 spiro atoms. The highest BCUT2D eigenvalue weighted by Gasteiger charge is 2.13. The highest BCUT2D eigenvalue weighted by atomic mass is 19.1. The van der Waals surface area contributed by atoms with Crippen molar-refractivity contribution in [1.29, 1.82) is 0 Å². The van der Waals surface area contributed by atoms with Crippen molar-refractivity contribution in [2.45, 2.75) is 13.8 Å². The Bertz CT molecular complexity index is 684. The molecule has 2 aromatic carbocycles. The van der Waals surface area contributed by atoms with Crippen molar-refractivity contribution in [1.82, 2.24) is 0 Å². The molecule has 0 saturated heterocycles. The van der Waals surface area contributed by atoms with E-state index in [0.29, 0.717) is 11.4 Å². The van der Waals surface area contributed by atoms with Gasteiger partial charge in [-0.25, -0.2) is 4.39 Å². The van der Waals surface area contributed by atoms with Crippen molar-refractivity contribution in [2.75, 3.05) is 11.1 Å². The SMILES string of the molecule is Cc1cc(C)c(NC(=O)c2ccc(F)cc2O)cc1N. The summed E-state index contributed by atoms with van der Waals surface area (Å²) < 4.78 is 12.9. The van der Waals surface area contributed by atoms with Crippen LogP contribution in [0.15, 0.2) is 30.3 Å². The largest absolute Gasteiger partial charge is 0.507 e. The van der Waals surface area contributed by atoms with Gasteiger partial charge in [0, 0.05) is 17.4 Å². The van der Waals surface area contributed by atoms with Gasteiger partial charge in [-0.3, -0.25) is 4.79 Å². The highest BCUT2D eigenvalue weighted by Crippen LogP contribution is 2.24. The van der Waals surface area contributed by atoms with Crippen LogP contribution < -0.4 is 11.1 Å². The molecule has 0 bridgehead atoms. The summed E-state index contributed by atoms with van der Waals surface area (Å²) in [5.74, 6) is -1.52. The number of halogens is 1. The second kappa shape index (κ2) is 5.21. The smallest absolute Gasteiger partial charge is 0.259 e. The van der Waals surface area contributed by atoms with E-state index in [4.69, 9.17) is 5.73 Å². The summed E-state index contributed by atoms with van der Waals surface area (Å²) in [7, 11) is 0. The van der Waals surface area contributed by atoms with Gasteiger partial charge in [0.05, 0.1) is 5.56 Å². The number of amides is 1. The van der Waals surface area contributed by atoms with Crippen LogP contribution >= 0.6 is 0 Å². The molecule has 4 N–H and O–H groups in total. The predicted octanol–water partition coefficient (Wildman–Crippen LogP) is 2.98. The van der Waals surface area contributed by atoms with Gasteiger partial charge in [-0.15, -0.1) is 0 Å². The molecule has 0 unspecified atom stereocenters. The zero-order valence-electron chi connectivity index (χ0n) is 11.2. The number of rotatable bonds is 2. The van der Waals surface area contributed by atoms with Crippen molar-refractivity contribution in [3.05, 3.63) is 52.8 Å². The molecule has 0 atom stereocenters. The van der Waals surface area contributed by atoms with Gasteiger partial charge in [0.15, 0.2) is 0 Å². The summed E-state index contributed by atoms with van der Waals surface area (Å²) in [6.07, 6.45) is 0. The van der Waals surface area contributed by atoms with Gasteiger partial charge in [-0.05, 0) is 43.2 Å². The second-order valence-electron chi connectivity index (χ2n) is 4.64. The zero-order chi connectivity index (χ0) is 14.9. The van der Waals surface area contributed by atoms with Crippen molar-refractivity contribution < 1.29 is 14.3 Å². The molecule has 0 aliphatic carbocycles. The van der Waals surface area contributed by atoms with E-state index in [1.165, 1.54) is 6.07 Å². The number of nitrogens with one attached hydrogen (secondary N) is 1. The lowest BCUT2D eigenvalue weighted by Gasteiger charge is -2.12. The Morgan fingerprint density at radius 2 is 1.90 bits per heavy atom. The Labute approximate surface area is 116 Å². The van der Waals surface area contributed by atoms with Gasteiger partial charge in [0.1, 0.15) is 11.6 Å². The molecule has 104 valence electrons. The van der Waals surface area contributed by atoms with E-state index < -0.39 is 17.5 Å². The standard InChI is InChI=1S/C15H15FN2O2/c1-8-5-9(2)13(7-12(8)17)18-15(20)11-4-3-10(16)6-14(11)19/h3-7,19H,17H2,1-2H3,(H,18,20). The first-order valence-electron chi connectivity index (χ1n) is 6.05. The molecule has 20 heavy (non-hydrogen) atoms. The number of carbonyl (C=O) groups is 1. The van der Waals surface area contributed by atoms with Crippen LogP contribution in [0.5, 0.6) is 5.75 Å². The van der Waals surface area contributed by atoms with Crippen LogP contribution in [0, 0.1) is 19.7 Å². The quantitative estimate of drug-likeness (QED) is 0.737. The summed E-state index contributed by atoms with van der Waals surface area (Å²) in [5.41, 5.74) is 8.70. The Hall–Kier alpha value is -2.56. The fourth-order valence-electron chi connectivity index (χ4n) is 1.89. The first-order chi connectivity index (χ1) is 9.38. The maximum atomic E-state index is 12.9. The number of anilines is 2. The van der Waals surface area contributed by atoms with Crippen molar-refractivity contribution in [3.8, 4) is 5.75 Å². The molecule has 0 saturated carbocycles. The number of hydrogen-bond donors (Lipinski definition) is 3. The van der Waals surface area contributed by atoms with E-state index in [9.17, 15) is 14.3 Å². The Kier molecular flexibility index (Phi) is 3.61. The Balaban J connectivity index is 2.30. The van der Waals surface area contributed by atoms with E-state index in [1.54, 1.807) is 6.07 Å². The zero-order valence-corrected chi connectivity index (χ0v) is 11.2. The van der Waals surface area contributed by atoms with Gasteiger partial charge >= 0.3 is 0 Å². The van der Waals surface area contributed by atoms with Gasteiger partial charge in [-0.1, -0.05) is 6.07 Å². The predicted molar refractivity (Wildman–Crippen MR) is 76.3 cm³/mol. The fraction of sp³-hybridized carbons (Fsp3) is 0.133. The van der Waals surface area contributed by atoms with Crippen LogP contribution in [0.4, 0.5) is 15.8 Å². The Morgan fingerprint density at radius 1 is 1.20 bits per heavy atom. The number of nitrogens with two attached hydrogens (primary N) is 1. The molecular formula is C15H15FN2O2. The molecular weight excluding hydrogens is 259 g/mol. The molecule has 0 aromatic heterocycles. The monoisotopic (exact) mass is 274 g/mol. The molecule has 0 heterocycles. The summed E-state index contributed by atoms with van der Waals surface area (Å²) >= 11 is 0. The van der Waals surface area contributed by atoms with Crippen LogP contribution in [0.2, 0.25) is 0 Å². The molecule has 1 amide bonds. The first-order valence-corrected chi connectivity index (χ1v) is 6.05. The lowest BCUT2D eigenvalue weighted by molar-refractivity contribution is 0.102. The maximum absolute atomic E-state index is 12.9. The maximum Gasteiger partial charge on any atom is 0.259 e. The minimum Gasteiger partial charge on any atom is -0.507 e. The fourth-order valence-corrected chi connectivity index (χ4v) is 1.89. The average molecular weight is 274 g/mol. The number of carbonyl (C=O) groups excluding carboxylic acids is 1. The lowest BCUT2D eigenvalue weighted by Crippen LogP contribution is -2.13. The summed E-state index contributed by atoms with van der Waals surface area (Å²) in [5, 5.41) is 12.2. The molecule has 0 radical (unpaired) electrons. The van der Waals surface area contributed by atoms with E-state index >= 15 is 0 Å². The van der Waals surface area contributed by atoms with Gasteiger partial charge in [0.25, 0.3) is 5.91 Å². The van der Waals surface area contributed by atoms with E-state index in [-0.39, 0.29) is 5.56 Å². The number of benzene rings is 2. The van der Waals surface area contributed by atoms with E-state index in [2.05, 4.69) is 5.32 Å². The van der Waals surface area contributed by atoms with E-state index in [0.717, 1.165) is 23.3 Å². The van der Waals surface area contributed by atoms with Crippen LogP contribution in [-0.2, 0) is 0 Å². The average Bonchev–Trinajstić information content (AvgIpc) is 2.35. The van der Waals surface area contributed by atoms with Crippen LogP contribution in [0.25, 0.3) is 0 Å². The molecule has 5 heteroatoms. The van der Waals surface area contributed by atoms with Crippen LogP contribution in [0.3, 0.4) is 0 Å². The number of phenols is 1. The Morgan fingerprint density at radius 3 is 2.55 bits per heavy atom. The third-order valence-corrected chi connectivity index (χ3v) is 3.07. The van der Waals surface area contributed by atoms with Crippen molar-refractivity contribution in [3.63, 3.8) is 0 Å². The minimum atomic E-state index is -0.602. The van der Waals surface area contributed by atoms with Crippen LogP contribution in [-0.4, -0.2) is 11.0 Å². The molecule has 0 aliphatic heterocycles. The number of aryl methyl sites for hydroxylation is 2. The van der Waals surface area contributed by atoms with Crippen molar-refractivity contribution >= 4 is 17.3 Å². The number of hydrogen-bond acceptors (Lipinski definition) is 3. The van der Waals surface area contributed by atoms with Gasteiger partial charge < -0.3 is 16.2 Å². The van der Waals surface area contributed by atoms with Gasteiger partial charge in [-0.2, -0.15) is 0 Å². The molecule has 2 rings (SSSR count). The number of nitrogen functional groups attached to an aromatic ring is 1. The molecule has 2 aromatic rings.